The van der Waals surface area contributed by atoms with Gasteiger partial charge in [-0.25, -0.2) is 0 Å². The van der Waals surface area contributed by atoms with Crippen LogP contribution in [0.1, 0.15) is 48.9 Å². The van der Waals surface area contributed by atoms with Crippen molar-refractivity contribution >= 4 is 17.5 Å². The highest BCUT2D eigenvalue weighted by atomic mass is 16.5. The van der Waals surface area contributed by atoms with Crippen LogP contribution in [0.2, 0.25) is 0 Å². The Labute approximate surface area is 195 Å². The molecule has 176 valence electrons. The number of aryl methyl sites for hydroxylation is 2. The van der Waals surface area contributed by atoms with Crippen molar-refractivity contribution in [2.24, 2.45) is 5.92 Å². The summed E-state index contributed by atoms with van der Waals surface area (Å²) in [6.07, 6.45) is 4.87. The van der Waals surface area contributed by atoms with Crippen LogP contribution in [-0.4, -0.2) is 39.7 Å². The highest BCUT2D eigenvalue weighted by Crippen LogP contribution is 2.42. The van der Waals surface area contributed by atoms with Crippen molar-refractivity contribution in [1.82, 2.24) is 5.32 Å². The minimum absolute atomic E-state index is 0.106. The van der Waals surface area contributed by atoms with Gasteiger partial charge in [0.15, 0.2) is 11.5 Å². The molecule has 1 aliphatic heterocycles. The highest BCUT2D eigenvalue weighted by molar-refractivity contribution is 6.00. The van der Waals surface area contributed by atoms with Crippen LogP contribution in [0.15, 0.2) is 30.3 Å². The Hall–Kier alpha value is -3.22. The lowest BCUT2D eigenvalue weighted by atomic mass is 9.89. The zero-order chi connectivity index (χ0) is 23.5. The highest BCUT2D eigenvalue weighted by Gasteiger charge is 2.36. The number of nitrogens with one attached hydrogen (secondary N) is 1. The zero-order valence-electron chi connectivity index (χ0n) is 19.8. The average Bonchev–Trinajstić information content (AvgIpc) is 3.24. The van der Waals surface area contributed by atoms with Gasteiger partial charge in [0.25, 0.3) is 0 Å². The van der Waals surface area contributed by atoms with Crippen LogP contribution in [0.5, 0.6) is 17.2 Å². The van der Waals surface area contributed by atoms with E-state index < -0.39 is 5.92 Å². The molecule has 2 aliphatic rings. The molecular formula is C26H32N2O5. The van der Waals surface area contributed by atoms with Gasteiger partial charge >= 0.3 is 0 Å². The van der Waals surface area contributed by atoms with E-state index in [9.17, 15) is 9.59 Å². The van der Waals surface area contributed by atoms with Crippen LogP contribution in [0.4, 0.5) is 5.69 Å². The van der Waals surface area contributed by atoms with E-state index in [0.717, 1.165) is 18.4 Å². The summed E-state index contributed by atoms with van der Waals surface area (Å²) < 4.78 is 16.2. The lowest BCUT2D eigenvalue weighted by Gasteiger charge is -2.22. The first kappa shape index (κ1) is 23.0. The second-order valence-corrected chi connectivity index (χ2v) is 8.75. The van der Waals surface area contributed by atoms with Crippen molar-refractivity contribution in [3.63, 3.8) is 0 Å². The standard InChI is InChI=1S/C26H32N2O5/c1-16(18-10-9-17-7-5-6-8-19(17)11-18)27-26(30)20-12-24(29)28(15-20)21-13-22(31-2)25(33-4)23(14-21)32-3/h9-11,13-14,16,20H,5-8,12,15H2,1-4H3,(H,27,30)/t16-,20-/m0/s1. The Kier molecular flexibility index (Phi) is 6.77. The van der Waals surface area contributed by atoms with E-state index in [0.29, 0.717) is 29.5 Å². The Morgan fingerprint density at radius 1 is 1.00 bits per heavy atom. The third-order valence-corrected chi connectivity index (χ3v) is 6.69. The minimum atomic E-state index is -0.420. The normalized spacial score (nSPS) is 18.5. The summed E-state index contributed by atoms with van der Waals surface area (Å²) in [5.41, 5.74) is 4.54. The molecule has 33 heavy (non-hydrogen) atoms. The fraction of sp³-hybridized carbons (Fsp3) is 0.462. The summed E-state index contributed by atoms with van der Waals surface area (Å²) in [5, 5.41) is 3.11. The van der Waals surface area contributed by atoms with Gasteiger partial charge < -0.3 is 24.4 Å². The molecule has 0 unspecified atom stereocenters. The van der Waals surface area contributed by atoms with Crippen LogP contribution in [-0.2, 0) is 22.4 Å². The van der Waals surface area contributed by atoms with Gasteiger partial charge in [-0.15, -0.1) is 0 Å². The maximum atomic E-state index is 13.0. The van der Waals surface area contributed by atoms with Crippen molar-refractivity contribution < 1.29 is 23.8 Å². The first-order chi connectivity index (χ1) is 15.9. The molecule has 0 radical (unpaired) electrons. The molecule has 1 fully saturated rings. The molecule has 2 atom stereocenters. The van der Waals surface area contributed by atoms with Crippen molar-refractivity contribution in [2.45, 2.75) is 45.1 Å². The summed E-state index contributed by atoms with van der Waals surface area (Å²) in [6.45, 7) is 2.30. The largest absolute Gasteiger partial charge is 0.493 e. The number of benzene rings is 2. The van der Waals surface area contributed by atoms with Crippen LogP contribution >= 0.6 is 0 Å². The fourth-order valence-corrected chi connectivity index (χ4v) is 4.79. The van der Waals surface area contributed by atoms with E-state index in [1.165, 1.54) is 45.3 Å². The van der Waals surface area contributed by atoms with Gasteiger partial charge in [-0.05, 0) is 49.3 Å². The van der Waals surface area contributed by atoms with Gasteiger partial charge in [0, 0.05) is 25.1 Å². The van der Waals surface area contributed by atoms with Crippen molar-refractivity contribution in [3.05, 3.63) is 47.0 Å². The summed E-state index contributed by atoms with van der Waals surface area (Å²) in [4.78, 5) is 27.4. The van der Waals surface area contributed by atoms with Crippen LogP contribution in [0.3, 0.4) is 0 Å². The number of nitrogens with zero attached hydrogens (tertiary/aromatic N) is 1. The van der Waals surface area contributed by atoms with Gasteiger partial charge in [-0.3, -0.25) is 9.59 Å². The Morgan fingerprint density at radius 3 is 2.30 bits per heavy atom. The second-order valence-electron chi connectivity index (χ2n) is 8.75. The minimum Gasteiger partial charge on any atom is -0.493 e. The van der Waals surface area contributed by atoms with Crippen LogP contribution < -0.4 is 24.4 Å². The summed E-state index contributed by atoms with van der Waals surface area (Å²) in [5.74, 6) is 0.761. The lowest BCUT2D eigenvalue weighted by molar-refractivity contribution is -0.126. The molecule has 2 amide bonds. The second kappa shape index (κ2) is 9.73. The number of carbonyl (C=O) groups excluding carboxylic acids is 2. The van der Waals surface area contributed by atoms with Gasteiger partial charge in [0.1, 0.15) is 0 Å². The van der Waals surface area contributed by atoms with Gasteiger partial charge in [-0.2, -0.15) is 0 Å². The summed E-state index contributed by atoms with van der Waals surface area (Å²) in [6, 6.07) is 9.87. The molecule has 0 spiro atoms. The fourth-order valence-electron chi connectivity index (χ4n) is 4.79. The molecule has 4 rings (SSSR count). The SMILES string of the molecule is COc1cc(N2C[C@@H](C(=O)N[C@@H](C)c3ccc4c(c3)CCCC4)CC2=O)cc(OC)c1OC. The molecule has 2 aromatic rings. The van der Waals surface area contributed by atoms with E-state index in [1.807, 2.05) is 6.92 Å². The topological polar surface area (TPSA) is 77.1 Å². The lowest BCUT2D eigenvalue weighted by Crippen LogP contribution is -2.34. The monoisotopic (exact) mass is 452 g/mol. The summed E-state index contributed by atoms with van der Waals surface area (Å²) >= 11 is 0. The number of hydrogen-bond donors (Lipinski definition) is 1. The van der Waals surface area contributed by atoms with E-state index in [4.69, 9.17) is 14.2 Å². The third kappa shape index (κ3) is 4.63. The smallest absolute Gasteiger partial charge is 0.227 e. The maximum Gasteiger partial charge on any atom is 0.227 e. The third-order valence-electron chi connectivity index (χ3n) is 6.69. The number of methoxy groups -OCH3 is 3. The van der Waals surface area contributed by atoms with E-state index in [2.05, 4.69) is 23.5 Å². The van der Waals surface area contributed by atoms with E-state index in [1.54, 1.807) is 17.0 Å². The predicted molar refractivity (Wildman–Crippen MR) is 126 cm³/mol. The number of hydrogen-bond acceptors (Lipinski definition) is 5. The van der Waals surface area contributed by atoms with E-state index in [-0.39, 0.29) is 24.3 Å². The molecule has 1 saturated heterocycles. The van der Waals surface area contributed by atoms with Gasteiger partial charge in [0.05, 0.1) is 39.0 Å². The number of fused-ring (bicyclic) bond motifs is 1. The van der Waals surface area contributed by atoms with Gasteiger partial charge in [0.2, 0.25) is 17.6 Å². The summed E-state index contributed by atoms with van der Waals surface area (Å²) in [7, 11) is 4.60. The Morgan fingerprint density at radius 2 is 1.67 bits per heavy atom. The Balaban J connectivity index is 1.46. The zero-order valence-corrected chi connectivity index (χ0v) is 19.8. The molecule has 0 saturated carbocycles. The van der Waals surface area contributed by atoms with Crippen molar-refractivity contribution in [2.75, 3.05) is 32.8 Å². The molecule has 1 heterocycles. The Bertz CT molecular complexity index is 1030. The van der Waals surface area contributed by atoms with Crippen molar-refractivity contribution in [3.8, 4) is 17.2 Å². The number of carbonyl (C=O) groups is 2. The number of amides is 2. The molecular weight excluding hydrogens is 420 g/mol. The van der Waals surface area contributed by atoms with Crippen LogP contribution in [0, 0.1) is 5.92 Å². The van der Waals surface area contributed by atoms with Gasteiger partial charge in [-0.1, -0.05) is 18.2 Å². The first-order valence-electron chi connectivity index (χ1n) is 11.5. The predicted octanol–water partition coefficient (Wildman–Crippen LogP) is 3.82. The molecule has 7 nitrogen and oxygen atoms in total. The van der Waals surface area contributed by atoms with Crippen molar-refractivity contribution in [1.29, 1.82) is 0 Å². The molecule has 1 N–H and O–H groups in total. The van der Waals surface area contributed by atoms with Crippen LogP contribution in [0.25, 0.3) is 0 Å². The quantitative estimate of drug-likeness (QED) is 0.691. The molecule has 2 aromatic carbocycles. The van der Waals surface area contributed by atoms with E-state index >= 15 is 0 Å². The number of rotatable bonds is 7. The molecule has 0 bridgehead atoms. The number of anilines is 1. The number of ether oxygens (including phenoxy) is 3. The maximum absolute atomic E-state index is 13.0. The molecule has 0 aromatic heterocycles. The average molecular weight is 453 g/mol. The molecule has 7 heteroatoms. The molecule has 1 aliphatic carbocycles. The first-order valence-corrected chi connectivity index (χ1v) is 11.5.